The fourth-order valence-corrected chi connectivity index (χ4v) is 5.57. The predicted molar refractivity (Wildman–Crippen MR) is 102 cm³/mol. The number of hydrogen-bond donors (Lipinski definition) is 1. The quantitative estimate of drug-likeness (QED) is 0.678. The van der Waals surface area contributed by atoms with Gasteiger partial charge in [0.25, 0.3) is 0 Å². The van der Waals surface area contributed by atoms with E-state index in [4.69, 9.17) is 0 Å². The van der Waals surface area contributed by atoms with Crippen molar-refractivity contribution in [2.24, 2.45) is 17.8 Å². The third kappa shape index (κ3) is 5.27. The number of nitrogens with zero attached hydrogens (tertiary/aromatic N) is 1. The molecule has 0 bridgehead atoms. The van der Waals surface area contributed by atoms with E-state index in [2.05, 4.69) is 16.8 Å². The summed E-state index contributed by atoms with van der Waals surface area (Å²) >= 11 is 0. The molecule has 0 aromatic rings. The van der Waals surface area contributed by atoms with Crippen molar-refractivity contribution in [1.29, 1.82) is 0 Å². The van der Waals surface area contributed by atoms with Crippen molar-refractivity contribution in [2.45, 2.75) is 82.5 Å². The van der Waals surface area contributed by atoms with Crippen LogP contribution in [0.1, 0.15) is 65.6 Å². The smallest absolute Gasteiger partial charge is 0.351 e. The first-order valence-electron chi connectivity index (χ1n) is 10.6. The molecule has 1 aliphatic heterocycles. The fourth-order valence-electron chi connectivity index (χ4n) is 5.57. The molecule has 1 heterocycles. The summed E-state index contributed by atoms with van der Waals surface area (Å²) in [7, 11) is 0. The molecule has 1 saturated heterocycles. The lowest BCUT2D eigenvalue weighted by Gasteiger charge is -2.50. The summed E-state index contributed by atoms with van der Waals surface area (Å²) in [6.45, 7) is 5.02. The zero-order valence-electron chi connectivity index (χ0n) is 16.1. The zero-order chi connectivity index (χ0) is 19.4. The fraction of sp³-hybridized carbons (Fsp3) is 0.857. The van der Waals surface area contributed by atoms with Crippen LogP contribution in [0.15, 0.2) is 12.7 Å². The number of fused-ring (bicyclic) bond motifs is 1. The lowest BCUT2D eigenvalue weighted by Crippen LogP contribution is -2.57. The van der Waals surface area contributed by atoms with Crippen molar-refractivity contribution >= 4 is 5.91 Å². The van der Waals surface area contributed by atoms with Crippen molar-refractivity contribution in [3.05, 3.63) is 12.7 Å². The molecule has 6 heteroatoms. The first-order chi connectivity index (χ1) is 12.9. The van der Waals surface area contributed by atoms with Gasteiger partial charge in [0, 0.05) is 26.6 Å². The van der Waals surface area contributed by atoms with E-state index in [1.165, 1.54) is 38.2 Å². The van der Waals surface area contributed by atoms with Crippen molar-refractivity contribution < 1.29 is 19.4 Å². The van der Waals surface area contributed by atoms with E-state index >= 15 is 0 Å². The van der Waals surface area contributed by atoms with E-state index in [0.29, 0.717) is 37.4 Å². The summed E-state index contributed by atoms with van der Waals surface area (Å²) in [6, 6.07) is 0.840. The maximum atomic E-state index is 13.0. The monoisotopic (exact) mass is 388 g/mol. The molecule has 1 amide bonds. The number of nitrogens with one attached hydrogen (secondary N) is 1. The molecule has 1 N–H and O–H groups in total. The maximum Gasteiger partial charge on any atom is 0.391 e. The molecule has 27 heavy (non-hydrogen) atoms. The number of piperidine rings is 1. The second kappa shape index (κ2) is 8.97. The molecule has 0 aromatic carbocycles. The standard InChI is InChI=1S/C21H33F3N2O.H2/c1-2-20(27)25-13-18-12-9-16-5-3-4-6-19(16)26(18)14-15-7-10-17(11-8-15)21(22,23)24;/h2,15-19H,1,3-14H2,(H,25,27);1H. The summed E-state index contributed by atoms with van der Waals surface area (Å²) in [6.07, 6.45) is 6.41. The molecule has 156 valence electrons. The molecule has 3 rings (SSSR count). The number of carbonyl (C=O) groups excluding carboxylic acids is 1. The molecule has 2 aliphatic carbocycles. The van der Waals surface area contributed by atoms with Crippen molar-refractivity contribution in [1.82, 2.24) is 10.2 Å². The SMILES string of the molecule is C=CC(=O)NCC1CCC2CCCCC2N1CC1CCC(C(F)(F)F)CC1.[HH]. The summed E-state index contributed by atoms with van der Waals surface area (Å²) in [5.74, 6) is -0.190. The highest BCUT2D eigenvalue weighted by Crippen LogP contribution is 2.42. The first-order valence-corrected chi connectivity index (χ1v) is 10.6. The Morgan fingerprint density at radius 1 is 1.07 bits per heavy atom. The van der Waals surface area contributed by atoms with Gasteiger partial charge in [-0.15, -0.1) is 0 Å². The van der Waals surface area contributed by atoms with E-state index in [1.807, 2.05) is 0 Å². The summed E-state index contributed by atoms with van der Waals surface area (Å²) in [5.41, 5.74) is 0. The van der Waals surface area contributed by atoms with Gasteiger partial charge < -0.3 is 5.32 Å². The largest absolute Gasteiger partial charge is 0.391 e. The minimum atomic E-state index is -4.04. The van der Waals surface area contributed by atoms with E-state index in [1.54, 1.807) is 0 Å². The minimum absolute atomic E-state index is 0. The molecule has 3 fully saturated rings. The molecular weight excluding hydrogens is 353 g/mol. The third-order valence-electron chi connectivity index (χ3n) is 7.11. The Bertz CT molecular complexity index is 520. The van der Waals surface area contributed by atoms with Gasteiger partial charge in [-0.3, -0.25) is 9.69 Å². The number of rotatable bonds is 5. The number of amides is 1. The predicted octanol–water partition coefficient (Wildman–Crippen LogP) is 4.93. The van der Waals surface area contributed by atoms with Crippen LogP contribution in [0.4, 0.5) is 13.2 Å². The van der Waals surface area contributed by atoms with E-state index in [-0.39, 0.29) is 20.2 Å². The molecule has 2 saturated carbocycles. The first kappa shape index (κ1) is 20.7. The molecule has 3 nitrogen and oxygen atoms in total. The average Bonchev–Trinajstić information content (AvgIpc) is 2.66. The van der Waals surface area contributed by atoms with Crippen LogP contribution >= 0.6 is 0 Å². The molecule has 0 radical (unpaired) electrons. The minimum Gasteiger partial charge on any atom is -0.351 e. The number of alkyl halides is 3. The van der Waals surface area contributed by atoms with Crippen LogP contribution in [-0.2, 0) is 4.79 Å². The molecular formula is C21H35F3N2O. The van der Waals surface area contributed by atoms with Crippen molar-refractivity contribution in [3.63, 3.8) is 0 Å². The highest BCUT2D eigenvalue weighted by atomic mass is 19.4. The van der Waals surface area contributed by atoms with Gasteiger partial charge in [0.15, 0.2) is 0 Å². The Kier molecular flexibility index (Phi) is 6.88. The van der Waals surface area contributed by atoms with E-state index in [9.17, 15) is 18.0 Å². The van der Waals surface area contributed by atoms with Gasteiger partial charge in [-0.2, -0.15) is 13.2 Å². The molecule has 0 spiro atoms. The van der Waals surface area contributed by atoms with Crippen LogP contribution in [0.5, 0.6) is 0 Å². The second-order valence-corrected chi connectivity index (χ2v) is 8.75. The number of hydrogen-bond acceptors (Lipinski definition) is 2. The van der Waals surface area contributed by atoms with Gasteiger partial charge in [0.1, 0.15) is 0 Å². The van der Waals surface area contributed by atoms with Gasteiger partial charge in [-0.05, 0) is 69.3 Å². The van der Waals surface area contributed by atoms with Crippen LogP contribution in [0.3, 0.4) is 0 Å². The second-order valence-electron chi connectivity index (χ2n) is 8.75. The van der Waals surface area contributed by atoms with Gasteiger partial charge in [-0.1, -0.05) is 19.4 Å². The maximum absolute atomic E-state index is 13.0. The van der Waals surface area contributed by atoms with Gasteiger partial charge in [0.2, 0.25) is 5.91 Å². The summed E-state index contributed by atoms with van der Waals surface area (Å²) in [4.78, 5) is 14.2. The molecule has 3 atom stereocenters. The van der Waals surface area contributed by atoms with Crippen molar-refractivity contribution in [3.8, 4) is 0 Å². The Balaban J connectivity index is 0.00000280. The number of carbonyl (C=O) groups is 1. The highest BCUT2D eigenvalue weighted by molar-refractivity contribution is 5.86. The van der Waals surface area contributed by atoms with E-state index in [0.717, 1.165) is 18.9 Å². The highest BCUT2D eigenvalue weighted by Gasteiger charge is 2.43. The Morgan fingerprint density at radius 3 is 2.44 bits per heavy atom. The lowest BCUT2D eigenvalue weighted by atomic mass is 9.74. The van der Waals surface area contributed by atoms with Crippen LogP contribution in [0.2, 0.25) is 0 Å². The van der Waals surface area contributed by atoms with Crippen LogP contribution in [-0.4, -0.2) is 42.2 Å². The van der Waals surface area contributed by atoms with Crippen LogP contribution < -0.4 is 5.32 Å². The average molecular weight is 389 g/mol. The van der Waals surface area contributed by atoms with Crippen LogP contribution in [0, 0.1) is 17.8 Å². The lowest BCUT2D eigenvalue weighted by molar-refractivity contribution is -0.184. The van der Waals surface area contributed by atoms with Gasteiger partial charge >= 0.3 is 6.18 Å². The summed E-state index contributed by atoms with van der Waals surface area (Å²) < 4.78 is 38.9. The summed E-state index contributed by atoms with van der Waals surface area (Å²) in [5, 5.41) is 2.94. The number of likely N-dealkylation sites (tertiary alicyclic amines) is 1. The van der Waals surface area contributed by atoms with Gasteiger partial charge in [-0.25, -0.2) is 0 Å². The van der Waals surface area contributed by atoms with Crippen LogP contribution in [0.25, 0.3) is 0 Å². The third-order valence-corrected chi connectivity index (χ3v) is 7.11. The zero-order valence-corrected chi connectivity index (χ0v) is 16.1. The van der Waals surface area contributed by atoms with E-state index < -0.39 is 12.1 Å². The molecule has 3 aliphatic rings. The Labute approximate surface area is 162 Å². The number of halogens is 3. The topological polar surface area (TPSA) is 32.3 Å². The molecule has 0 aromatic heterocycles. The molecule has 3 unspecified atom stereocenters. The normalized spacial score (nSPS) is 35.3. The Morgan fingerprint density at radius 2 is 1.78 bits per heavy atom. The Hall–Kier alpha value is -1.04. The van der Waals surface area contributed by atoms with Crippen molar-refractivity contribution in [2.75, 3.05) is 13.1 Å². The van der Waals surface area contributed by atoms with Gasteiger partial charge in [0.05, 0.1) is 5.92 Å².